The molecule has 3 rings (SSSR count). The van der Waals surface area contributed by atoms with Gasteiger partial charge in [0.15, 0.2) is 18.0 Å². The van der Waals surface area contributed by atoms with E-state index in [1.807, 2.05) is 12.1 Å². The number of hydrogen-bond donors (Lipinski definition) is 2. The Kier molecular flexibility index (Phi) is 6.17. The molecule has 0 radical (unpaired) electrons. The Bertz CT molecular complexity index is 644. The molecule has 8 heteroatoms. The predicted octanol–water partition coefficient (Wildman–Crippen LogP) is 0.143. The first-order chi connectivity index (χ1) is 12.7. The second-order valence-electron chi connectivity index (χ2n) is 6.37. The smallest absolute Gasteiger partial charge is 0.410 e. The first-order valence-electron chi connectivity index (χ1n) is 9.10. The van der Waals surface area contributed by atoms with Crippen LogP contribution in [0.4, 0.5) is 10.5 Å². The molecule has 0 aliphatic carbocycles. The number of nitrogens with zero attached hydrogens (tertiary/aromatic N) is 1. The molecule has 8 nitrogen and oxygen atoms in total. The number of rotatable bonds is 4. The van der Waals surface area contributed by atoms with E-state index in [1.165, 1.54) is 0 Å². The van der Waals surface area contributed by atoms with Crippen molar-refractivity contribution in [3.8, 4) is 11.5 Å². The molecule has 0 bridgehead atoms. The van der Waals surface area contributed by atoms with Crippen molar-refractivity contribution in [2.75, 3.05) is 57.9 Å². The summed E-state index contributed by atoms with van der Waals surface area (Å²) in [5.41, 5.74) is 0.698. The normalized spacial score (nSPS) is 17.3. The Morgan fingerprint density at radius 3 is 2.65 bits per heavy atom. The van der Waals surface area contributed by atoms with Crippen molar-refractivity contribution in [3.05, 3.63) is 18.2 Å². The molecule has 1 aromatic carbocycles. The highest BCUT2D eigenvalue weighted by Crippen LogP contribution is 2.32. The van der Waals surface area contributed by atoms with E-state index in [-0.39, 0.29) is 12.0 Å². The summed E-state index contributed by atoms with van der Waals surface area (Å²) in [4.78, 5) is 26.9. The van der Waals surface area contributed by atoms with Crippen LogP contribution in [-0.4, -0.2) is 69.4 Å². The van der Waals surface area contributed by atoms with Gasteiger partial charge < -0.3 is 24.4 Å². The lowest BCUT2D eigenvalue weighted by molar-refractivity contribution is -0.895. The highest BCUT2D eigenvalue weighted by Gasteiger charge is 2.26. The van der Waals surface area contributed by atoms with Gasteiger partial charge in [0.1, 0.15) is 0 Å². The molecular weight excluding hydrogens is 338 g/mol. The number of fused-ring (bicyclic) bond motifs is 1. The van der Waals surface area contributed by atoms with Crippen molar-refractivity contribution in [2.24, 2.45) is 0 Å². The molecule has 2 amide bonds. The second-order valence-corrected chi connectivity index (χ2v) is 6.37. The van der Waals surface area contributed by atoms with Crippen molar-refractivity contribution in [1.29, 1.82) is 0 Å². The van der Waals surface area contributed by atoms with Crippen LogP contribution in [0.15, 0.2) is 18.2 Å². The standard InChI is InChI=1S/C18H25N3O5/c1-2-24-18(23)21-8-6-20(7-9-21)13-17(22)19-14-4-5-15-16(12-14)26-11-3-10-25-15/h4-5,12H,2-3,6-11,13H2,1H3,(H,19,22)/p+1. The number of amides is 2. The zero-order valence-electron chi connectivity index (χ0n) is 15.1. The summed E-state index contributed by atoms with van der Waals surface area (Å²) in [5.74, 6) is 1.32. The summed E-state index contributed by atoms with van der Waals surface area (Å²) in [6, 6.07) is 5.44. The number of piperazine rings is 1. The van der Waals surface area contributed by atoms with Crippen LogP contribution in [0.2, 0.25) is 0 Å². The molecule has 2 aliphatic rings. The monoisotopic (exact) mass is 364 g/mol. The first-order valence-corrected chi connectivity index (χ1v) is 9.10. The SMILES string of the molecule is CCOC(=O)N1CC[NH+](CC(=O)Nc2ccc3c(c2)OCCCO3)CC1. The molecule has 0 unspecified atom stereocenters. The minimum atomic E-state index is -0.275. The van der Waals surface area contributed by atoms with Gasteiger partial charge in [0.25, 0.3) is 5.91 Å². The summed E-state index contributed by atoms with van der Waals surface area (Å²) in [6.07, 6.45) is 0.570. The summed E-state index contributed by atoms with van der Waals surface area (Å²) < 4.78 is 16.2. The minimum absolute atomic E-state index is 0.0564. The molecule has 142 valence electrons. The van der Waals surface area contributed by atoms with Gasteiger partial charge in [-0.2, -0.15) is 0 Å². The zero-order valence-corrected chi connectivity index (χ0v) is 15.1. The molecule has 2 aliphatic heterocycles. The summed E-state index contributed by atoms with van der Waals surface area (Å²) in [6.45, 7) is 6.45. The van der Waals surface area contributed by atoms with E-state index in [1.54, 1.807) is 17.9 Å². The van der Waals surface area contributed by atoms with E-state index in [4.69, 9.17) is 14.2 Å². The van der Waals surface area contributed by atoms with Crippen molar-refractivity contribution in [1.82, 2.24) is 4.90 Å². The number of ether oxygens (including phenoxy) is 3. The topological polar surface area (TPSA) is 81.5 Å². The molecular formula is C18H26N3O5+. The van der Waals surface area contributed by atoms with Crippen molar-refractivity contribution in [2.45, 2.75) is 13.3 Å². The van der Waals surface area contributed by atoms with E-state index in [0.29, 0.717) is 56.6 Å². The highest BCUT2D eigenvalue weighted by atomic mass is 16.6. The Morgan fingerprint density at radius 1 is 1.19 bits per heavy atom. The van der Waals surface area contributed by atoms with Gasteiger partial charge in [0, 0.05) is 18.2 Å². The molecule has 0 saturated carbocycles. The van der Waals surface area contributed by atoms with Crippen LogP contribution in [0.1, 0.15) is 13.3 Å². The van der Waals surface area contributed by atoms with Crippen LogP contribution in [0, 0.1) is 0 Å². The number of carbonyl (C=O) groups excluding carboxylic acids is 2. The van der Waals surface area contributed by atoms with Crippen LogP contribution in [0.3, 0.4) is 0 Å². The van der Waals surface area contributed by atoms with Crippen LogP contribution in [-0.2, 0) is 9.53 Å². The van der Waals surface area contributed by atoms with E-state index < -0.39 is 0 Å². The molecule has 1 fully saturated rings. The zero-order chi connectivity index (χ0) is 18.4. The average Bonchev–Trinajstić information content (AvgIpc) is 2.87. The van der Waals surface area contributed by atoms with Crippen LogP contribution in [0.25, 0.3) is 0 Å². The molecule has 2 heterocycles. The molecule has 0 aromatic heterocycles. The third-order valence-electron chi connectivity index (χ3n) is 4.44. The third-order valence-corrected chi connectivity index (χ3v) is 4.44. The number of quaternary nitrogens is 1. The average molecular weight is 364 g/mol. The lowest BCUT2D eigenvalue weighted by Gasteiger charge is -2.31. The van der Waals surface area contributed by atoms with Gasteiger partial charge >= 0.3 is 6.09 Å². The molecule has 2 N–H and O–H groups in total. The number of nitrogens with one attached hydrogen (secondary N) is 2. The second kappa shape index (κ2) is 8.75. The van der Waals surface area contributed by atoms with Crippen molar-refractivity contribution < 1.29 is 28.7 Å². The highest BCUT2D eigenvalue weighted by molar-refractivity contribution is 5.91. The van der Waals surface area contributed by atoms with E-state index in [2.05, 4.69) is 5.32 Å². The quantitative estimate of drug-likeness (QED) is 0.795. The number of hydrogen-bond acceptors (Lipinski definition) is 5. The van der Waals surface area contributed by atoms with Gasteiger partial charge in [-0.15, -0.1) is 0 Å². The summed E-state index contributed by atoms with van der Waals surface area (Å²) >= 11 is 0. The van der Waals surface area contributed by atoms with E-state index in [0.717, 1.165) is 24.4 Å². The Morgan fingerprint density at radius 2 is 1.92 bits per heavy atom. The van der Waals surface area contributed by atoms with E-state index in [9.17, 15) is 9.59 Å². The van der Waals surface area contributed by atoms with E-state index >= 15 is 0 Å². The molecule has 1 saturated heterocycles. The van der Waals surface area contributed by atoms with Gasteiger partial charge in [0.05, 0.1) is 46.0 Å². The van der Waals surface area contributed by atoms with Gasteiger partial charge in [-0.3, -0.25) is 9.69 Å². The molecule has 0 spiro atoms. The molecule has 0 atom stereocenters. The fourth-order valence-electron chi connectivity index (χ4n) is 3.07. The maximum Gasteiger partial charge on any atom is 0.410 e. The molecule has 1 aromatic rings. The Hall–Kier alpha value is -2.48. The Balaban J connectivity index is 1.47. The van der Waals surface area contributed by atoms with Crippen LogP contribution < -0.4 is 19.7 Å². The minimum Gasteiger partial charge on any atom is -0.490 e. The van der Waals surface area contributed by atoms with Gasteiger partial charge in [-0.05, 0) is 19.1 Å². The fourth-order valence-corrected chi connectivity index (χ4v) is 3.07. The summed E-state index contributed by atoms with van der Waals surface area (Å²) in [5, 5.41) is 2.91. The summed E-state index contributed by atoms with van der Waals surface area (Å²) in [7, 11) is 0. The van der Waals surface area contributed by atoms with Crippen LogP contribution in [0.5, 0.6) is 11.5 Å². The largest absolute Gasteiger partial charge is 0.490 e. The van der Waals surface area contributed by atoms with Gasteiger partial charge in [-0.25, -0.2) is 4.79 Å². The number of anilines is 1. The lowest BCUT2D eigenvalue weighted by atomic mass is 10.2. The first kappa shape index (κ1) is 18.3. The van der Waals surface area contributed by atoms with Crippen molar-refractivity contribution in [3.63, 3.8) is 0 Å². The van der Waals surface area contributed by atoms with Crippen molar-refractivity contribution >= 4 is 17.7 Å². The number of benzene rings is 1. The number of carbonyl (C=O) groups is 2. The fraction of sp³-hybridized carbons (Fsp3) is 0.556. The van der Waals surface area contributed by atoms with Crippen LogP contribution >= 0.6 is 0 Å². The lowest BCUT2D eigenvalue weighted by Crippen LogP contribution is -3.15. The van der Waals surface area contributed by atoms with Gasteiger partial charge in [-0.1, -0.05) is 0 Å². The van der Waals surface area contributed by atoms with Gasteiger partial charge in [0.2, 0.25) is 0 Å². The Labute approximate surface area is 153 Å². The maximum absolute atomic E-state index is 12.3. The maximum atomic E-state index is 12.3. The molecule has 26 heavy (non-hydrogen) atoms. The predicted molar refractivity (Wildman–Crippen MR) is 94.8 cm³/mol. The third kappa shape index (κ3) is 4.78.